The molecule has 0 radical (unpaired) electrons. The first-order chi connectivity index (χ1) is 16.5. The number of nitrogens with zero attached hydrogens (tertiary/aromatic N) is 2. The van der Waals surface area contributed by atoms with Crippen LogP contribution in [0, 0.1) is 6.92 Å². The van der Waals surface area contributed by atoms with Crippen molar-refractivity contribution in [1.82, 2.24) is 14.9 Å². The predicted octanol–water partition coefficient (Wildman–Crippen LogP) is 4.81. The van der Waals surface area contributed by atoms with Crippen LogP contribution in [0.1, 0.15) is 18.4 Å². The van der Waals surface area contributed by atoms with Crippen molar-refractivity contribution >= 4 is 32.3 Å². The molecule has 1 fully saturated rings. The fourth-order valence-corrected chi connectivity index (χ4v) is 5.53. The number of para-hydroxylation sites is 1. The average Bonchev–Trinajstić information content (AvgIpc) is 3.38. The molecular formula is C26H26N4O3S. The van der Waals surface area contributed by atoms with Crippen LogP contribution in [0.3, 0.4) is 0 Å². The highest BCUT2D eigenvalue weighted by molar-refractivity contribution is 7.89. The van der Waals surface area contributed by atoms with Gasteiger partial charge in [-0.25, -0.2) is 13.1 Å². The molecule has 0 bridgehead atoms. The number of ether oxygens (including phenoxy) is 1. The van der Waals surface area contributed by atoms with Gasteiger partial charge in [-0.1, -0.05) is 54.6 Å². The molecule has 0 saturated carbocycles. The van der Waals surface area contributed by atoms with E-state index in [1.807, 2.05) is 66.7 Å². The van der Waals surface area contributed by atoms with Crippen molar-refractivity contribution in [3.05, 3.63) is 78.4 Å². The lowest BCUT2D eigenvalue weighted by Gasteiger charge is -2.15. The molecule has 174 valence electrons. The summed E-state index contributed by atoms with van der Waals surface area (Å²) in [5, 5.41) is 14.0. The zero-order valence-corrected chi connectivity index (χ0v) is 19.7. The Kier molecular flexibility index (Phi) is 6.28. The highest BCUT2D eigenvalue weighted by Gasteiger charge is 2.23. The zero-order valence-electron chi connectivity index (χ0n) is 18.9. The summed E-state index contributed by atoms with van der Waals surface area (Å²) in [6.45, 7) is 2.75. The molecule has 1 saturated heterocycles. The zero-order chi connectivity index (χ0) is 23.5. The summed E-state index contributed by atoms with van der Waals surface area (Å²) in [6.07, 6.45) is 1.76. The highest BCUT2D eigenvalue weighted by atomic mass is 32.2. The molecule has 34 heavy (non-hydrogen) atoms. The molecule has 7 nitrogen and oxygen atoms in total. The number of anilines is 2. The Labute approximate surface area is 199 Å². The molecular weight excluding hydrogens is 448 g/mol. The van der Waals surface area contributed by atoms with Crippen molar-refractivity contribution in [1.29, 1.82) is 0 Å². The van der Waals surface area contributed by atoms with Crippen LogP contribution in [0.5, 0.6) is 0 Å². The molecule has 5 rings (SSSR count). The molecule has 1 atom stereocenters. The maximum absolute atomic E-state index is 13.1. The van der Waals surface area contributed by atoms with Crippen molar-refractivity contribution < 1.29 is 13.2 Å². The number of aryl methyl sites for hydroxylation is 1. The maximum Gasteiger partial charge on any atom is 0.240 e. The Bertz CT molecular complexity index is 1420. The third-order valence-electron chi connectivity index (χ3n) is 6.00. The van der Waals surface area contributed by atoms with Gasteiger partial charge >= 0.3 is 0 Å². The molecule has 2 N–H and O–H groups in total. The standard InChI is InChI=1S/C26H26N4O3S/c1-18-13-14-19(16-24(18)34(31,32)27-17-21-10-7-15-33-21)25-22-11-5-6-12-23(22)26(30-29-25)28-20-8-3-2-4-9-20/h2-6,8-9,11-14,16,21,27H,7,10,15,17H2,1H3,(H,28,30)/t21-/m0/s1. The summed E-state index contributed by atoms with van der Waals surface area (Å²) in [5.41, 5.74) is 2.90. The van der Waals surface area contributed by atoms with Gasteiger partial charge in [-0.2, -0.15) is 0 Å². The fraction of sp³-hybridized carbons (Fsp3) is 0.231. The van der Waals surface area contributed by atoms with Gasteiger partial charge in [0.2, 0.25) is 10.0 Å². The van der Waals surface area contributed by atoms with E-state index in [4.69, 9.17) is 4.74 Å². The second kappa shape index (κ2) is 9.50. The van der Waals surface area contributed by atoms with Crippen molar-refractivity contribution in [3.8, 4) is 11.3 Å². The summed E-state index contributed by atoms with van der Waals surface area (Å²) >= 11 is 0. The summed E-state index contributed by atoms with van der Waals surface area (Å²) in [6, 6.07) is 23.0. The van der Waals surface area contributed by atoms with Gasteiger partial charge in [0.25, 0.3) is 0 Å². The van der Waals surface area contributed by atoms with Gasteiger partial charge in [-0.15, -0.1) is 10.2 Å². The summed E-state index contributed by atoms with van der Waals surface area (Å²) in [4.78, 5) is 0.236. The third kappa shape index (κ3) is 4.65. The highest BCUT2D eigenvalue weighted by Crippen LogP contribution is 2.32. The van der Waals surface area contributed by atoms with E-state index in [2.05, 4.69) is 20.2 Å². The molecule has 8 heteroatoms. The predicted molar refractivity (Wildman–Crippen MR) is 134 cm³/mol. The fourth-order valence-electron chi connectivity index (χ4n) is 4.19. The molecule has 0 amide bonds. The molecule has 1 aliphatic heterocycles. The number of hydrogen-bond donors (Lipinski definition) is 2. The second-order valence-corrected chi connectivity index (χ2v) is 10.1. The Morgan fingerprint density at radius 1 is 0.971 bits per heavy atom. The van der Waals surface area contributed by atoms with E-state index in [1.54, 1.807) is 13.0 Å². The Morgan fingerprint density at radius 3 is 2.50 bits per heavy atom. The van der Waals surface area contributed by atoms with E-state index in [0.29, 0.717) is 29.2 Å². The van der Waals surface area contributed by atoms with E-state index >= 15 is 0 Å². The summed E-state index contributed by atoms with van der Waals surface area (Å²) in [7, 11) is -3.70. The minimum atomic E-state index is -3.70. The normalized spacial score (nSPS) is 16.1. The van der Waals surface area contributed by atoms with Gasteiger partial charge in [0, 0.05) is 35.2 Å². The Balaban J connectivity index is 1.51. The van der Waals surface area contributed by atoms with Crippen molar-refractivity contribution in [3.63, 3.8) is 0 Å². The van der Waals surface area contributed by atoms with Crippen molar-refractivity contribution in [2.45, 2.75) is 30.8 Å². The van der Waals surface area contributed by atoms with E-state index in [-0.39, 0.29) is 17.5 Å². The monoisotopic (exact) mass is 474 g/mol. The quantitative estimate of drug-likeness (QED) is 0.399. The van der Waals surface area contributed by atoms with Gasteiger partial charge in [0.05, 0.1) is 11.0 Å². The number of benzene rings is 3. The van der Waals surface area contributed by atoms with Crippen LogP contribution in [0.4, 0.5) is 11.5 Å². The van der Waals surface area contributed by atoms with Crippen LogP contribution in [0.2, 0.25) is 0 Å². The first kappa shape index (κ1) is 22.5. The number of sulfonamides is 1. The molecule has 1 aromatic heterocycles. The van der Waals surface area contributed by atoms with E-state index in [1.165, 1.54) is 0 Å². The largest absolute Gasteiger partial charge is 0.377 e. The van der Waals surface area contributed by atoms with E-state index < -0.39 is 10.0 Å². The Hall–Kier alpha value is -3.33. The van der Waals surface area contributed by atoms with Crippen molar-refractivity contribution in [2.24, 2.45) is 0 Å². The lowest BCUT2D eigenvalue weighted by Crippen LogP contribution is -2.32. The van der Waals surface area contributed by atoms with Gasteiger partial charge in [-0.3, -0.25) is 0 Å². The van der Waals surface area contributed by atoms with Crippen LogP contribution < -0.4 is 10.0 Å². The van der Waals surface area contributed by atoms with Crippen LogP contribution in [0.25, 0.3) is 22.0 Å². The van der Waals surface area contributed by atoms with Gasteiger partial charge in [0.15, 0.2) is 5.82 Å². The number of hydrogen-bond acceptors (Lipinski definition) is 6. The van der Waals surface area contributed by atoms with Gasteiger partial charge < -0.3 is 10.1 Å². The molecule has 3 aromatic carbocycles. The molecule has 2 heterocycles. The Morgan fingerprint density at radius 2 is 1.74 bits per heavy atom. The SMILES string of the molecule is Cc1ccc(-c2nnc(Nc3ccccc3)c3ccccc23)cc1S(=O)(=O)NC[C@@H]1CCCO1. The third-order valence-corrected chi connectivity index (χ3v) is 7.57. The lowest BCUT2D eigenvalue weighted by molar-refractivity contribution is 0.114. The second-order valence-electron chi connectivity index (χ2n) is 8.40. The van der Waals surface area contributed by atoms with Crippen LogP contribution in [-0.2, 0) is 14.8 Å². The first-order valence-electron chi connectivity index (χ1n) is 11.3. The van der Waals surface area contributed by atoms with Gasteiger partial charge in [0.1, 0.15) is 5.69 Å². The van der Waals surface area contributed by atoms with Gasteiger partial charge in [-0.05, 0) is 43.5 Å². The number of aromatic nitrogens is 2. The lowest BCUT2D eigenvalue weighted by atomic mass is 10.0. The van der Waals surface area contributed by atoms with Crippen LogP contribution >= 0.6 is 0 Å². The minimum absolute atomic E-state index is 0.0715. The summed E-state index contributed by atoms with van der Waals surface area (Å²) in [5.74, 6) is 0.642. The minimum Gasteiger partial charge on any atom is -0.377 e. The number of nitrogens with one attached hydrogen (secondary N) is 2. The smallest absolute Gasteiger partial charge is 0.240 e. The topological polar surface area (TPSA) is 93.2 Å². The first-order valence-corrected chi connectivity index (χ1v) is 12.8. The average molecular weight is 475 g/mol. The van der Waals surface area contributed by atoms with Crippen LogP contribution in [-0.4, -0.2) is 37.9 Å². The van der Waals surface area contributed by atoms with E-state index in [0.717, 1.165) is 29.3 Å². The molecule has 1 aliphatic rings. The molecule has 0 spiro atoms. The molecule has 0 aliphatic carbocycles. The molecule has 4 aromatic rings. The number of rotatable bonds is 7. The van der Waals surface area contributed by atoms with Crippen molar-refractivity contribution in [2.75, 3.05) is 18.5 Å². The van der Waals surface area contributed by atoms with E-state index in [9.17, 15) is 8.42 Å². The molecule has 0 unspecified atom stereocenters. The number of fused-ring (bicyclic) bond motifs is 1. The maximum atomic E-state index is 13.1. The van der Waals surface area contributed by atoms with Crippen LogP contribution in [0.15, 0.2) is 77.7 Å². The summed E-state index contributed by atoms with van der Waals surface area (Å²) < 4.78 is 34.5.